The molecule has 3 heteroatoms. The Morgan fingerprint density at radius 1 is 0.613 bits per heavy atom. The fourth-order valence-corrected chi connectivity index (χ4v) is 4.68. The number of hydrogen-bond acceptors (Lipinski definition) is 3. The maximum absolute atomic E-state index is 6.25. The number of ether oxygens (including phenoxy) is 2. The first-order chi connectivity index (χ1) is 15.3. The van der Waals surface area contributed by atoms with Gasteiger partial charge in [-0.1, -0.05) is 48.5 Å². The molecule has 0 amide bonds. The van der Waals surface area contributed by atoms with Gasteiger partial charge in [0.05, 0.1) is 0 Å². The van der Waals surface area contributed by atoms with Crippen molar-refractivity contribution in [3.05, 3.63) is 71.8 Å². The summed E-state index contributed by atoms with van der Waals surface area (Å²) in [6.07, 6.45) is 4.14. The van der Waals surface area contributed by atoms with Gasteiger partial charge in [0.2, 0.25) is 0 Å². The minimum absolute atomic E-state index is 0.795. The van der Waals surface area contributed by atoms with Crippen LogP contribution in [0.3, 0.4) is 0 Å². The highest BCUT2D eigenvalue weighted by Crippen LogP contribution is 2.39. The first-order valence-electron chi connectivity index (χ1n) is 11.1. The molecule has 158 valence electrons. The lowest BCUT2D eigenvalue weighted by Crippen LogP contribution is -1.92. The smallest absolute Gasteiger partial charge is 0.136 e. The van der Waals surface area contributed by atoms with Gasteiger partial charge in [0, 0.05) is 38.2 Å². The van der Waals surface area contributed by atoms with Gasteiger partial charge < -0.3 is 13.9 Å². The maximum Gasteiger partial charge on any atom is 0.136 e. The molecule has 31 heavy (non-hydrogen) atoms. The molecule has 0 aliphatic heterocycles. The lowest BCUT2D eigenvalue weighted by molar-refractivity contribution is 0.195. The molecule has 1 aromatic heterocycles. The normalized spacial score (nSPS) is 11.9. The van der Waals surface area contributed by atoms with E-state index < -0.39 is 0 Å². The quantitative estimate of drug-likeness (QED) is 0.256. The summed E-state index contributed by atoms with van der Waals surface area (Å²) in [5, 5.41) is 7.46. The van der Waals surface area contributed by atoms with Crippen molar-refractivity contribution in [1.82, 2.24) is 0 Å². The Hall–Kier alpha value is -2.88. The van der Waals surface area contributed by atoms with Gasteiger partial charge in [0.15, 0.2) is 0 Å². The predicted molar refractivity (Wildman–Crippen MR) is 129 cm³/mol. The number of benzene rings is 4. The lowest BCUT2D eigenvalue weighted by atomic mass is 9.96. The monoisotopic (exact) mass is 412 g/mol. The second-order valence-corrected chi connectivity index (χ2v) is 8.28. The molecule has 0 aliphatic carbocycles. The van der Waals surface area contributed by atoms with Crippen molar-refractivity contribution in [3.8, 4) is 0 Å². The second-order valence-electron chi connectivity index (χ2n) is 8.28. The molecule has 0 aliphatic rings. The summed E-state index contributed by atoms with van der Waals surface area (Å²) in [7, 11) is 3.52. The SMILES string of the molecule is COCCCc1ccc2c(ccc3oc4ccc5cc(CCCOC)ccc5c4c32)c1. The minimum Gasteiger partial charge on any atom is -0.456 e. The van der Waals surface area contributed by atoms with Crippen LogP contribution in [0.2, 0.25) is 0 Å². The number of aryl methyl sites for hydroxylation is 2. The number of fused-ring (bicyclic) bond motifs is 7. The van der Waals surface area contributed by atoms with Crippen LogP contribution in [0.25, 0.3) is 43.5 Å². The van der Waals surface area contributed by atoms with Crippen molar-refractivity contribution >= 4 is 43.5 Å². The van der Waals surface area contributed by atoms with E-state index in [0.717, 1.165) is 50.1 Å². The number of rotatable bonds is 8. The Morgan fingerprint density at radius 3 is 1.55 bits per heavy atom. The van der Waals surface area contributed by atoms with E-state index in [0.29, 0.717) is 0 Å². The Kier molecular flexibility index (Phi) is 5.63. The first kappa shape index (κ1) is 20.0. The van der Waals surface area contributed by atoms with E-state index in [2.05, 4.69) is 60.7 Å². The van der Waals surface area contributed by atoms with E-state index in [1.807, 2.05) is 0 Å². The Labute approximate surface area is 182 Å². The molecule has 5 aromatic rings. The van der Waals surface area contributed by atoms with Crippen LogP contribution in [0.4, 0.5) is 0 Å². The van der Waals surface area contributed by atoms with Gasteiger partial charge in [-0.25, -0.2) is 0 Å². The molecule has 3 nitrogen and oxygen atoms in total. The van der Waals surface area contributed by atoms with Crippen LogP contribution >= 0.6 is 0 Å². The molecule has 0 atom stereocenters. The zero-order valence-corrected chi connectivity index (χ0v) is 18.2. The average Bonchev–Trinajstić information content (AvgIpc) is 3.18. The van der Waals surface area contributed by atoms with E-state index in [1.54, 1.807) is 14.2 Å². The highest BCUT2D eigenvalue weighted by atomic mass is 16.5. The standard InChI is InChI=1S/C28H28O3/c1-29-15-3-5-19-7-11-23-21(17-19)9-13-25-27(23)28-24-12-8-20(6-4-16-30-2)18-22(24)10-14-26(28)31-25/h7-14,17-18H,3-6,15-16H2,1-2H3. The number of hydrogen-bond donors (Lipinski definition) is 0. The molecule has 0 bridgehead atoms. The molecule has 0 fully saturated rings. The van der Waals surface area contributed by atoms with Crippen LogP contribution in [-0.4, -0.2) is 27.4 Å². The van der Waals surface area contributed by atoms with Gasteiger partial charge in [0.1, 0.15) is 11.2 Å². The molecular formula is C28H28O3. The number of furan rings is 1. The van der Waals surface area contributed by atoms with Crippen LogP contribution < -0.4 is 0 Å². The van der Waals surface area contributed by atoms with E-state index in [-0.39, 0.29) is 0 Å². The molecule has 0 unspecified atom stereocenters. The summed E-state index contributed by atoms with van der Waals surface area (Å²) < 4.78 is 16.7. The summed E-state index contributed by atoms with van der Waals surface area (Å²) >= 11 is 0. The van der Waals surface area contributed by atoms with Crippen LogP contribution in [0, 0.1) is 0 Å². The second kappa shape index (κ2) is 8.70. The Balaban J connectivity index is 1.64. The molecule has 1 heterocycles. The van der Waals surface area contributed by atoms with Crippen molar-refractivity contribution in [2.45, 2.75) is 25.7 Å². The molecule has 0 saturated heterocycles. The topological polar surface area (TPSA) is 31.6 Å². The summed E-state index contributed by atoms with van der Waals surface area (Å²) in [5.41, 5.74) is 4.60. The molecule has 4 aromatic carbocycles. The largest absolute Gasteiger partial charge is 0.456 e. The fourth-order valence-electron chi connectivity index (χ4n) is 4.68. The highest BCUT2D eigenvalue weighted by Gasteiger charge is 2.14. The molecule has 0 radical (unpaired) electrons. The third-order valence-electron chi connectivity index (χ3n) is 6.19. The summed E-state index contributed by atoms with van der Waals surface area (Å²) in [6, 6.07) is 22.2. The minimum atomic E-state index is 0.795. The third kappa shape index (κ3) is 3.80. The zero-order valence-electron chi connectivity index (χ0n) is 18.2. The van der Waals surface area contributed by atoms with Crippen LogP contribution in [-0.2, 0) is 22.3 Å². The molecule has 0 saturated carbocycles. The third-order valence-corrected chi connectivity index (χ3v) is 6.19. The number of methoxy groups -OCH3 is 2. The Morgan fingerprint density at radius 2 is 1.10 bits per heavy atom. The molecule has 0 spiro atoms. The summed E-state index contributed by atoms with van der Waals surface area (Å²) in [5.74, 6) is 0. The van der Waals surface area contributed by atoms with Crippen LogP contribution in [0.1, 0.15) is 24.0 Å². The van der Waals surface area contributed by atoms with Crippen molar-refractivity contribution in [3.63, 3.8) is 0 Å². The van der Waals surface area contributed by atoms with E-state index >= 15 is 0 Å². The van der Waals surface area contributed by atoms with Gasteiger partial charge in [-0.2, -0.15) is 0 Å². The van der Waals surface area contributed by atoms with Crippen LogP contribution in [0.5, 0.6) is 0 Å². The zero-order chi connectivity index (χ0) is 21.2. The van der Waals surface area contributed by atoms with Gasteiger partial charge in [0.25, 0.3) is 0 Å². The van der Waals surface area contributed by atoms with Crippen molar-refractivity contribution < 1.29 is 13.9 Å². The Bertz CT molecular complexity index is 1260. The lowest BCUT2D eigenvalue weighted by Gasteiger charge is -2.07. The van der Waals surface area contributed by atoms with E-state index in [4.69, 9.17) is 13.9 Å². The summed E-state index contributed by atoms with van der Waals surface area (Å²) in [6.45, 7) is 1.59. The van der Waals surface area contributed by atoms with E-state index in [9.17, 15) is 0 Å². The maximum atomic E-state index is 6.25. The summed E-state index contributed by atoms with van der Waals surface area (Å²) in [4.78, 5) is 0. The average molecular weight is 413 g/mol. The van der Waals surface area contributed by atoms with Crippen molar-refractivity contribution in [1.29, 1.82) is 0 Å². The van der Waals surface area contributed by atoms with Gasteiger partial charge in [-0.05, 0) is 70.5 Å². The van der Waals surface area contributed by atoms with Crippen molar-refractivity contribution in [2.24, 2.45) is 0 Å². The molecule has 0 N–H and O–H groups in total. The fraction of sp³-hybridized carbons (Fsp3) is 0.286. The first-order valence-corrected chi connectivity index (χ1v) is 11.1. The van der Waals surface area contributed by atoms with Gasteiger partial charge in [-0.15, -0.1) is 0 Å². The van der Waals surface area contributed by atoms with Crippen molar-refractivity contribution in [2.75, 3.05) is 27.4 Å². The predicted octanol–water partition coefficient (Wildman–Crippen LogP) is 7.05. The van der Waals surface area contributed by atoms with E-state index in [1.165, 1.54) is 43.4 Å². The molecule has 5 rings (SSSR count). The van der Waals surface area contributed by atoms with Gasteiger partial charge in [-0.3, -0.25) is 0 Å². The molecular weight excluding hydrogens is 384 g/mol. The highest BCUT2D eigenvalue weighted by molar-refractivity contribution is 6.26. The van der Waals surface area contributed by atoms with Crippen LogP contribution in [0.15, 0.2) is 65.1 Å². The van der Waals surface area contributed by atoms with Gasteiger partial charge >= 0.3 is 0 Å².